The smallest absolute Gasteiger partial charge is 0.219 e. The van der Waals surface area contributed by atoms with Crippen LogP contribution in [0.2, 0.25) is 0 Å². The molecule has 0 bridgehead atoms. The van der Waals surface area contributed by atoms with Crippen LogP contribution >= 0.6 is 0 Å². The first-order valence-electron chi connectivity index (χ1n) is 7.55. The van der Waals surface area contributed by atoms with Crippen molar-refractivity contribution < 1.29 is 4.79 Å². The van der Waals surface area contributed by atoms with Crippen molar-refractivity contribution in [1.29, 1.82) is 0 Å². The molecule has 0 saturated carbocycles. The molecule has 1 unspecified atom stereocenters. The topological polar surface area (TPSA) is 36.4 Å². The molecule has 0 aliphatic carbocycles. The van der Waals surface area contributed by atoms with E-state index in [1.807, 2.05) is 23.2 Å². The molecule has 2 saturated heterocycles. The lowest BCUT2D eigenvalue weighted by Gasteiger charge is -2.40. The van der Waals surface area contributed by atoms with Gasteiger partial charge in [0.15, 0.2) is 0 Å². The maximum absolute atomic E-state index is 11.6. The minimum Gasteiger partial charge on any atom is -0.342 e. The van der Waals surface area contributed by atoms with Crippen LogP contribution in [0.3, 0.4) is 0 Å². The number of carbonyl (C=O) groups is 1. The van der Waals surface area contributed by atoms with Gasteiger partial charge in [-0.2, -0.15) is 0 Å². The molecule has 3 rings (SSSR count). The van der Waals surface area contributed by atoms with Crippen molar-refractivity contribution >= 4 is 5.91 Å². The van der Waals surface area contributed by atoms with Crippen molar-refractivity contribution in [3.05, 3.63) is 30.1 Å². The molecule has 3 heterocycles. The second-order valence-electron chi connectivity index (χ2n) is 6.33. The number of hydrogen-bond acceptors (Lipinski definition) is 3. The lowest BCUT2D eigenvalue weighted by molar-refractivity contribution is -0.132. The van der Waals surface area contributed by atoms with Crippen LogP contribution in [0, 0.1) is 5.41 Å². The molecular formula is C16H23N3O. The lowest BCUT2D eigenvalue weighted by Crippen LogP contribution is -2.46. The first kappa shape index (κ1) is 13.6. The fourth-order valence-corrected chi connectivity index (χ4v) is 3.69. The zero-order valence-electron chi connectivity index (χ0n) is 12.2. The van der Waals surface area contributed by atoms with Gasteiger partial charge in [0.2, 0.25) is 5.91 Å². The summed E-state index contributed by atoms with van der Waals surface area (Å²) in [6, 6.07) is 6.10. The van der Waals surface area contributed by atoms with Gasteiger partial charge in [0.1, 0.15) is 0 Å². The van der Waals surface area contributed by atoms with E-state index in [1.165, 1.54) is 12.8 Å². The Morgan fingerprint density at radius 1 is 1.30 bits per heavy atom. The van der Waals surface area contributed by atoms with Crippen LogP contribution in [-0.4, -0.2) is 46.9 Å². The molecular weight excluding hydrogens is 250 g/mol. The highest BCUT2D eigenvalue weighted by Gasteiger charge is 2.41. The molecule has 2 aliphatic heterocycles. The van der Waals surface area contributed by atoms with E-state index in [0.29, 0.717) is 5.41 Å². The van der Waals surface area contributed by atoms with Crippen LogP contribution in [0.4, 0.5) is 0 Å². The van der Waals surface area contributed by atoms with Crippen LogP contribution in [-0.2, 0) is 11.3 Å². The van der Waals surface area contributed by atoms with Crippen molar-refractivity contribution in [2.75, 3.05) is 26.2 Å². The van der Waals surface area contributed by atoms with Crippen molar-refractivity contribution in [3.8, 4) is 0 Å². The molecule has 1 aromatic rings. The SMILES string of the molecule is CC(=O)N1CCCC2(CCN(Cc3ccccn3)C2)C1. The molecule has 0 radical (unpaired) electrons. The van der Waals surface area contributed by atoms with Crippen LogP contribution in [0.15, 0.2) is 24.4 Å². The van der Waals surface area contributed by atoms with Crippen molar-refractivity contribution in [1.82, 2.24) is 14.8 Å². The minimum atomic E-state index is 0.229. The Morgan fingerprint density at radius 3 is 2.95 bits per heavy atom. The summed E-state index contributed by atoms with van der Waals surface area (Å²) in [5.41, 5.74) is 1.47. The highest BCUT2D eigenvalue weighted by Crippen LogP contribution is 2.39. The summed E-state index contributed by atoms with van der Waals surface area (Å²) < 4.78 is 0. The second kappa shape index (κ2) is 5.52. The number of carbonyl (C=O) groups excluding carboxylic acids is 1. The Hall–Kier alpha value is -1.42. The summed E-state index contributed by atoms with van der Waals surface area (Å²) in [7, 11) is 0. The summed E-state index contributed by atoms with van der Waals surface area (Å²) in [5, 5.41) is 0. The van der Waals surface area contributed by atoms with E-state index < -0.39 is 0 Å². The maximum atomic E-state index is 11.6. The average Bonchev–Trinajstić information content (AvgIpc) is 2.82. The summed E-state index contributed by atoms with van der Waals surface area (Å²) in [4.78, 5) is 20.6. The third kappa shape index (κ3) is 2.85. The van der Waals surface area contributed by atoms with E-state index in [-0.39, 0.29) is 5.91 Å². The van der Waals surface area contributed by atoms with E-state index in [9.17, 15) is 4.79 Å². The Balaban J connectivity index is 1.62. The molecule has 2 aliphatic rings. The molecule has 0 aromatic carbocycles. The standard InChI is InChI=1S/C16H23N3O/c1-14(20)19-9-4-6-16(13-19)7-10-18(12-16)11-15-5-2-3-8-17-15/h2-3,5,8H,4,6-7,9-13H2,1H3. The van der Waals surface area contributed by atoms with Gasteiger partial charge in [0.25, 0.3) is 0 Å². The third-order valence-corrected chi connectivity index (χ3v) is 4.74. The van der Waals surface area contributed by atoms with Gasteiger partial charge in [-0.15, -0.1) is 0 Å². The van der Waals surface area contributed by atoms with Crippen LogP contribution < -0.4 is 0 Å². The molecule has 1 amide bonds. The highest BCUT2D eigenvalue weighted by atomic mass is 16.2. The second-order valence-corrected chi connectivity index (χ2v) is 6.33. The summed E-state index contributed by atoms with van der Waals surface area (Å²) in [6.07, 6.45) is 5.48. The fourth-order valence-electron chi connectivity index (χ4n) is 3.69. The fraction of sp³-hybridized carbons (Fsp3) is 0.625. The number of hydrogen-bond donors (Lipinski definition) is 0. The van der Waals surface area contributed by atoms with Gasteiger partial charge in [-0.3, -0.25) is 14.7 Å². The summed E-state index contributed by atoms with van der Waals surface area (Å²) in [5.74, 6) is 0.229. The van der Waals surface area contributed by atoms with Crippen LogP contribution in [0.1, 0.15) is 31.9 Å². The van der Waals surface area contributed by atoms with Gasteiger partial charge in [0, 0.05) is 44.7 Å². The minimum absolute atomic E-state index is 0.229. The summed E-state index contributed by atoms with van der Waals surface area (Å²) >= 11 is 0. The first-order valence-corrected chi connectivity index (χ1v) is 7.55. The van der Waals surface area contributed by atoms with Crippen molar-refractivity contribution in [2.45, 2.75) is 32.7 Å². The molecule has 1 atom stereocenters. The molecule has 4 heteroatoms. The van der Waals surface area contributed by atoms with Crippen molar-refractivity contribution in [2.24, 2.45) is 5.41 Å². The predicted molar refractivity (Wildman–Crippen MR) is 78.1 cm³/mol. The molecule has 4 nitrogen and oxygen atoms in total. The molecule has 1 spiro atoms. The number of likely N-dealkylation sites (tertiary alicyclic amines) is 2. The molecule has 108 valence electrons. The van der Waals surface area contributed by atoms with E-state index in [4.69, 9.17) is 0 Å². The maximum Gasteiger partial charge on any atom is 0.219 e. The van der Waals surface area contributed by atoms with E-state index in [1.54, 1.807) is 6.92 Å². The number of piperidine rings is 1. The van der Waals surface area contributed by atoms with E-state index in [0.717, 1.165) is 44.8 Å². The van der Waals surface area contributed by atoms with Gasteiger partial charge in [-0.05, 0) is 37.9 Å². The molecule has 0 N–H and O–H groups in total. The van der Waals surface area contributed by atoms with Gasteiger partial charge in [0.05, 0.1) is 5.69 Å². The van der Waals surface area contributed by atoms with Gasteiger partial charge < -0.3 is 4.90 Å². The number of rotatable bonds is 2. The van der Waals surface area contributed by atoms with Crippen molar-refractivity contribution in [3.63, 3.8) is 0 Å². The molecule has 1 aromatic heterocycles. The zero-order chi connectivity index (χ0) is 14.0. The number of amides is 1. The third-order valence-electron chi connectivity index (χ3n) is 4.74. The molecule has 2 fully saturated rings. The first-order chi connectivity index (χ1) is 9.67. The Kier molecular flexibility index (Phi) is 3.74. The van der Waals surface area contributed by atoms with E-state index in [2.05, 4.69) is 16.0 Å². The van der Waals surface area contributed by atoms with Crippen LogP contribution in [0.25, 0.3) is 0 Å². The monoisotopic (exact) mass is 273 g/mol. The highest BCUT2D eigenvalue weighted by molar-refractivity contribution is 5.73. The Morgan fingerprint density at radius 2 is 2.20 bits per heavy atom. The van der Waals surface area contributed by atoms with Gasteiger partial charge in [-0.1, -0.05) is 6.07 Å². The number of pyridine rings is 1. The summed E-state index contributed by atoms with van der Waals surface area (Å²) in [6.45, 7) is 6.75. The quantitative estimate of drug-likeness (QED) is 0.826. The number of nitrogens with zero attached hydrogens (tertiary/aromatic N) is 3. The van der Waals surface area contributed by atoms with Gasteiger partial charge in [-0.25, -0.2) is 0 Å². The zero-order valence-corrected chi connectivity index (χ0v) is 12.2. The number of aromatic nitrogens is 1. The van der Waals surface area contributed by atoms with Gasteiger partial charge >= 0.3 is 0 Å². The van der Waals surface area contributed by atoms with Crippen LogP contribution in [0.5, 0.6) is 0 Å². The Bertz CT molecular complexity index is 476. The Labute approximate surface area is 120 Å². The lowest BCUT2D eigenvalue weighted by atomic mass is 9.79. The average molecular weight is 273 g/mol. The predicted octanol–water partition coefficient (Wildman–Crippen LogP) is 1.92. The molecule has 20 heavy (non-hydrogen) atoms. The largest absolute Gasteiger partial charge is 0.342 e. The van der Waals surface area contributed by atoms with E-state index >= 15 is 0 Å². The normalized spacial score (nSPS) is 27.1.